The Labute approximate surface area is 179 Å². The predicted molar refractivity (Wildman–Crippen MR) is 115 cm³/mol. The number of thiazole rings is 1. The van der Waals surface area contributed by atoms with Crippen LogP contribution in [0.25, 0.3) is 6.08 Å². The fraction of sp³-hybridized carbons (Fsp3) is 0.550. The number of hydrogen-bond donors (Lipinski definition) is 0. The van der Waals surface area contributed by atoms with Crippen molar-refractivity contribution < 1.29 is 23.7 Å². The summed E-state index contributed by atoms with van der Waals surface area (Å²) in [5.74, 6) is 0.763. The highest BCUT2D eigenvalue weighted by Crippen LogP contribution is 2.41. The molecule has 0 amide bonds. The summed E-state index contributed by atoms with van der Waals surface area (Å²) in [6, 6.07) is 0.0865. The van der Waals surface area contributed by atoms with Gasteiger partial charge < -0.3 is 18.9 Å². The summed E-state index contributed by atoms with van der Waals surface area (Å²) in [5, 5.41) is 4.09. The summed E-state index contributed by atoms with van der Waals surface area (Å²) < 4.78 is 21.1. The van der Waals surface area contributed by atoms with E-state index >= 15 is 0 Å². The van der Waals surface area contributed by atoms with E-state index in [1.54, 1.807) is 30.2 Å². The second-order valence-electron chi connectivity index (χ2n) is 7.01. The van der Waals surface area contributed by atoms with Gasteiger partial charge in [-0.15, -0.1) is 23.1 Å². The number of carbonyl (C=O) groups excluding carboxylic acids is 1. The Morgan fingerprint density at radius 3 is 2.76 bits per heavy atom. The first kappa shape index (κ1) is 22.0. The summed E-state index contributed by atoms with van der Waals surface area (Å²) in [5.41, 5.74) is 0.690. The number of hydrogen-bond acceptors (Lipinski definition) is 9. The number of esters is 1. The van der Waals surface area contributed by atoms with Gasteiger partial charge in [-0.2, -0.15) is 0 Å². The lowest BCUT2D eigenvalue weighted by Crippen LogP contribution is -2.21. The van der Waals surface area contributed by atoms with Gasteiger partial charge in [0.1, 0.15) is 27.5 Å². The number of epoxide rings is 1. The molecule has 7 nitrogen and oxygen atoms in total. The Bertz CT molecular complexity index is 829. The van der Waals surface area contributed by atoms with Crippen LogP contribution in [0.2, 0.25) is 0 Å². The maximum absolute atomic E-state index is 11.5. The maximum Gasteiger partial charge on any atom is 0.333 e. The van der Waals surface area contributed by atoms with E-state index in [-0.39, 0.29) is 23.7 Å². The van der Waals surface area contributed by atoms with Crippen LogP contribution in [0, 0.1) is 5.92 Å². The molecule has 0 radical (unpaired) electrons. The number of nitrogens with zero attached hydrogens (tertiary/aromatic N) is 2. The first-order valence-corrected chi connectivity index (χ1v) is 11.1. The van der Waals surface area contributed by atoms with Crippen LogP contribution in [0.3, 0.4) is 0 Å². The summed E-state index contributed by atoms with van der Waals surface area (Å²) in [4.78, 5) is 21.0. The van der Waals surface area contributed by atoms with Gasteiger partial charge >= 0.3 is 5.97 Å². The molecule has 0 N–H and O–H groups in total. The zero-order valence-corrected chi connectivity index (χ0v) is 18.8. The van der Waals surface area contributed by atoms with Crippen LogP contribution in [0.1, 0.15) is 30.6 Å². The molecule has 1 aromatic heterocycles. The molecule has 2 aliphatic heterocycles. The molecule has 3 rings (SSSR count). The zero-order valence-electron chi connectivity index (χ0n) is 17.2. The van der Waals surface area contributed by atoms with Gasteiger partial charge in [-0.05, 0) is 13.0 Å². The number of aromatic nitrogens is 1. The van der Waals surface area contributed by atoms with Crippen molar-refractivity contribution >= 4 is 40.2 Å². The SMILES string of the molecule is COC(=O)/C=C(/OC)[C@H](C)[C@H](/C=C/c1csc([C@@H]2CSC(C3(C)CO3)=N2)n1)OC. The molecule has 0 spiro atoms. The van der Waals surface area contributed by atoms with E-state index in [0.29, 0.717) is 5.76 Å². The Morgan fingerprint density at radius 1 is 1.38 bits per heavy atom. The average molecular weight is 439 g/mol. The molecule has 0 saturated carbocycles. The molecule has 158 valence electrons. The fourth-order valence-corrected chi connectivity index (χ4v) is 5.01. The molecule has 0 aromatic carbocycles. The third-order valence-corrected chi connectivity index (χ3v) is 7.13. The Kier molecular flexibility index (Phi) is 7.15. The van der Waals surface area contributed by atoms with E-state index < -0.39 is 5.97 Å². The van der Waals surface area contributed by atoms with Gasteiger partial charge in [0, 0.05) is 24.2 Å². The van der Waals surface area contributed by atoms with Crippen LogP contribution in [-0.2, 0) is 23.7 Å². The quantitative estimate of drug-likeness (QED) is 0.253. The molecule has 0 aliphatic carbocycles. The van der Waals surface area contributed by atoms with Crippen molar-refractivity contribution in [2.24, 2.45) is 10.9 Å². The van der Waals surface area contributed by atoms with Crippen molar-refractivity contribution in [2.45, 2.75) is 31.6 Å². The number of aliphatic imine (C=N–C) groups is 1. The van der Waals surface area contributed by atoms with E-state index in [2.05, 4.69) is 11.7 Å². The Hall–Kier alpha value is -1.68. The van der Waals surface area contributed by atoms with E-state index in [1.807, 2.05) is 24.5 Å². The Balaban J connectivity index is 1.66. The molecule has 1 saturated heterocycles. The molecule has 1 aromatic rings. The van der Waals surface area contributed by atoms with Crippen LogP contribution in [0.5, 0.6) is 0 Å². The number of thioether (sulfide) groups is 1. The highest BCUT2D eigenvalue weighted by Gasteiger charge is 2.47. The van der Waals surface area contributed by atoms with Gasteiger partial charge in [0.25, 0.3) is 0 Å². The lowest BCUT2D eigenvalue weighted by atomic mass is 10.0. The largest absolute Gasteiger partial charge is 0.500 e. The Morgan fingerprint density at radius 2 is 2.14 bits per heavy atom. The highest BCUT2D eigenvalue weighted by atomic mass is 32.2. The normalized spacial score (nSPS) is 26.3. The molecule has 29 heavy (non-hydrogen) atoms. The maximum atomic E-state index is 11.5. The van der Waals surface area contributed by atoms with Crippen LogP contribution in [0.4, 0.5) is 0 Å². The molecule has 4 atom stereocenters. The van der Waals surface area contributed by atoms with Gasteiger partial charge in [0.2, 0.25) is 0 Å². The van der Waals surface area contributed by atoms with Crippen LogP contribution in [-0.4, -0.2) is 61.4 Å². The smallest absolute Gasteiger partial charge is 0.333 e. The summed E-state index contributed by atoms with van der Waals surface area (Å²) in [7, 11) is 4.48. The molecular formula is C20H26N2O5S2. The third-order valence-electron chi connectivity index (χ3n) is 4.87. The van der Waals surface area contributed by atoms with Crippen molar-refractivity contribution in [3.63, 3.8) is 0 Å². The van der Waals surface area contributed by atoms with Gasteiger partial charge in [0.05, 0.1) is 38.7 Å². The first-order chi connectivity index (χ1) is 13.9. The van der Waals surface area contributed by atoms with Crippen LogP contribution >= 0.6 is 23.1 Å². The number of ether oxygens (including phenoxy) is 4. The number of carbonyl (C=O) groups is 1. The predicted octanol–water partition coefficient (Wildman–Crippen LogP) is 3.49. The summed E-state index contributed by atoms with van der Waals surface area (Å²) in [6.45, 7) is 4.75. The highest BCUT2D eigenvalue weighted by molar-refractivity contribution is 8.14. The van der Waals surface area contributed by atoms with Crippen molar-refractivity contribution in [3.8, 4) is 0 Å². The van der Waals surface area contributed by atoms with Crippen LogP contribution < -0.4 is 0 Å². The third kappa shape index (κ3) is 5.28. The number of methoxy groups -OCH3 is 3. The first-order valence-electron chi connectivity index (χ1n) is 9.25. The average Bonchev–Trinajstić information content (AvgIpc) is 3.14. The second kappa shape index (κ2) is 9.42. The van der Waals surface area contributed by atoms with E-state index in [1.165, 1.54) is 20.3 Å². The summed E-state index contributed by atoms with van der Waals surface area (Å²) in [6.07, 6.45) is 4.90. The molecule has 2 aliphatic rings. The van der Waals surface area contributed by atoms with E-state index in [0.717, 1.165) is 28.1 Å². The minimum absolute atomic E-state index is 0.0865. The number of rotatable bonds is 9. The minimum atomic E-state index is -0.462. The van der Waals surface area contributed by atoms with E-state index in [4.69, 9.17) is 24.2 Å². The van der Waals surface area contributed by atoms with Gasteiger partial charge in [0.15, 0.2) is 0 Å². The van der Waals surface area contributed by atoms with E-state index in [9.17, 15) is 4.79 Å². The van der Waals surface area contributed by atoms with Crippen molar-refractivity contribution in [1.29, 1.82) is 0 Å². The van der Waals surface area contributed by atoms with Crippen molar-refractivity contribution in [3.05, 3.63) is 34.0 Å². The van der Waals surface area contributed by atoms with Gasteiger partial charge in [-0.1, -0.05) is 13.0 Å². The second-order valence-corrected chi connectivity index (χ2v) is 8.91. The lowest BCUT2D eigenvalue weighted by Gasteiger charge is -2.21. The standard InChI is InChI=1S/C20H26N2O5S2/c1-12(16(25-4)8-17(23)26-5)15(24-3)7-6-13-9-28-18(21-13)14-10-29-19(22-14)20(2)11-27-20/h6-9,12,14-15H,10-11H2,1-5H3/b7-6+,16-8+/t12-,14+,15+,20?/m1/s1. The summed E-state index contributed by atoms with van der Waals surface area (Å²) >= 11 is 3.37. The minimum Gasteiger partial charge on any atom is -0.500 e. The molecule has 9 heteroatoms. The zero-order chi connectivity index (χ0) is 21.0. The molecule has 3 heterocycles. The fourth-order valence-electron chi connectivity index (χ4n) is 2.91. The molecule has 0 bridgehead atoms. The van der Waals surface area contributed by atoms with Crippen molar-refractivity contribution in [1.82, 2.24) is 4.98 Å². The van der Waals surface area contributed by atoms with Gasteiger partial charge in [-0.3, -0.25) is 4.99 Å². The van der Waals surface area contributed by atoms with Crippen molar-refractivity contribution in [2.75, 3.05) is 33.7 Å². The topological polar surface area (TPSA) is 82.5 Å². The van der Waals surface area contributed by atoms with Gasteiger partial charge in [-0.25, -0.2) is 9.78 Å². The monoisotopic (exact) mass is 438 g/mol. The molecule has 1 unspecified atom stereocenters. The lowest BCUT2D eigenvalue weighted by molar-refractivity contribution is -0.135. The molecule has 1 fully saturated rings. The molecular weight excluding hydrogens is 412 g/mol. The van der Waals surface area contributed by atoms with Crippen LogP contribution in [0.15, 0.2) is 28.3 Å².